The number of anilines is 3. The van der Waals surface area contributed by atoms with E-state index >= 15 is 0 Å². The van der Waals surface area contributed by atoms with Gasteiger partial charge in [-0.05, 0) is 55.8 Å². The number of aryl methyl sites for hydroxylation is 2. The molecule has 0 saturated heterocycles. The summed E-state index contributed by atoms with van der Waals surface area (Å²) < 4.78 is 2.11. The third kappa shape index (κ3) is 5.32. The molecule has 0 bridgehead atoms. The van der Waals surface area contributed by atoms with Crippen molar-refractivity contribution in [3.05, 3.63) is 174 Å². The lowest BCUT2D eigenvalue weighted by molar-refractivity contribution is 0.917. The van der Waals surface area contributed by atoms with Gasteiger partial charge in [0, 0.05) is 39.0 Å². The first kappa shape index (κ1) is 27.2. The van der Waals surface area contributed by atoms with Crippen molar-refractivity contribution in [2.45, 2.75) is 13.8 Å². The zero-order valence-corrected chi connectivity index (χ0v) is 24.9. The van der Waals surface area contributed by atoms with Gasteiger partial charge in [-0.1, -0.05) is 132 Å². The minimum Gasteiger partial charge on any atom is -0.311 e. The van der Waals surface area contributed by atoms with Crippen LogP contribution in [0.1, 0.15) is 16.7 Å². The van der Waals surface area contributed by atoms with Gasteiger partial charge in [-0.15, -0.1) is 0 Å². The second-order valence-electron chi connectivity index (χ2n) is 11.1. The van der Waals surface area contributed by atoms with Gasteiger partial charge in [0.05, 0.1) is 17.6 Å². The first-order valence-corrected chi connectivity index (χ1v) is 15.0. The molecular formula is C41H33N3. The fourth-order valence-corrected chi connectivity index (χ4v) is 5.77. The standard InChI is InChI=1S/C41H33N3/c1-30-17-23-35(24-18-30)43(36-25-19-31(2)20-26-36)37-27-21-32(22-28-37)29-42-44-40(33-11-5-3-6-12-33)38-15-9-10-16-39(38)41(44)34-13-7-4-8-14-34/h3-29H,1-2H3. The summed E-state index contributed by atoms with van der Waals surface area (Å²) in [6.07, 6.45) is 1.96. The van der Waals surface area contributed by atoms with Gasteiger partial charge < -0.3 is 4.90 Å². The fourth-order valence-electron chi connectivity index (χ4n) is 5.77. The third-order valence-electron chi connectivity index (χ3n) is 8.01. The molecular weight excluding hydrogens is 534 g/mol. The number of hydrogen-bond acceptors (Lipinski definition) is 2. The van der Waals surface area contributed by atoms with E-state index in [9.17, 15) is 0 Å². The lowest BCUT2D eigenvalue weighted by Gasteiger charge is -2.25. The highest BCUT2D eigenvalue weighted by Gasteiger charge is 2.19. The van der Waals surface area contributed by atoms with Gasteiger partial charge in [0.25, 0.3) is 0 Å². The predicted octanol–water partition coefficient (Wildman–Crippen LogP) is 10.9. The molecule has 0 saturated carbocycles. The van der Waals surface area contributed by atoms with E-state index < -0.39 is 0 Å². The Bertz CT molecular complexity index is 1910. The number of nitrogens with zero attached hydrogens (tertiary/aromatic N) is 3. The molecule has 0 aliphatic carbocycles. The number of aromatic nitrogens is 1. The monoisotopic (exact) mass is 567 g/mol. The minimum atomic E-state index is 1.03. The van der Waals surface area contributed by atoms with Gasteiger partial charge in [0.15, 0.2) is 0 Å². The van der Waals surface area contributed by atoms with Gasteiger partial charge in [0.2, 0.25) is 0 Å². The second kappa shape index (κ2) is 11.9. The van der Waals surface area contributed by atoms with Crippen LogP contribution in [0.5, 0.6) is 0 Å². The summed E-state index contributed by atoms with van der Waals surface area (Å²) in [5.74, 6) is 0. The number of fused-ring (bicyclic) bond motifs is 1. The second-order valence-corrected chi connectivity index (χ2v) is 11.1. The Kier molecular flexibility index (Phi) is 7.35. The molecule has 212 valence electrons. The lowest BCUT2D eigenvalue weighted by atomic mass is 10.0. The maximum Gasteiger partial charge on any atom is 0.0804 e. The van der Waals surface area contributed by atoms with E-state index in [-0.39, 0.29) is 0 Å². The van der Waals surface area contributed by atoms with E-state index in [1.807, 2.05) is 6.21 Å². The third-order valence-corrected chi connectivity index (χ3v) is 8.01. The highest BCUT2D eigenvalue weighted by Crippen LogP contribution is 2.39. The summed E-state index contributed by atoms with van der Waals surface area (Å²) in [5, 5.41) is 7.51. The van der Waals surface area contributed by atoms with Gasteiger partial charge in [-0.2, -0.15) is 5.10 Å². The number of rotatable bonds is 7. The van der Waals surface area contributed by atoms with Crippen molar-refractivity contribution in [3.8, 4) is 22.5 Å². The van der Waals surface area contributed by atoms with Crippen molar-refractivity contribution in [1.29, 1.82) is 0 Å². The van der Waals surface area contributed by atoms with Crippen molar-refractivity contribution in [2.75, 3.05) is 4.90 Å². The summed E-state index contributed by atoms with van der Waals surface area (Å²) in [6.45, 7) is 4.24. The van der Waals surface area contributed by atoms with Crippen LogP contribution in [0.2, 0.25) is 0 Å². The molecule has 1 aromatic heterocycles. The van der Waals surface area contributed by atoms with E-state index in [1.54, 1.807) is 0 Å². The van der Waals surface area contributed by atoms with Crippen LogP contribution in [0.3, 0.4) is 0 Å². The van der Waals surface area contributed by atoms with E-state index in [1.165, 1.54) is 21.9 Å². The van der Waals surface area contributed by atoms with Crippen molar-refractivity contribution in [1.82, 2.24) is 4.68 Å². The molecule has 0 unspecified atom stereocenters. The van der Waals surface area contributed by atoms with E-state index in [0.717, 1.165) is 45.1 Å². The first-order chi connectivity index (χ1) is 21.7. The molecule has 0 atom stereocenters. The van der Waals surface area contributed by atoms with E-state index in [4.69, 9.17) is 5.10 Å². The largest absolute Gasteiger partial charge is 0.311 e. The SMILES string of the molecule is Cc1ccc(N(c2ccc(C)cc2)c2ccc(C=Nn3c(-c4ccccc4)c4ccccc4c3-c3ccccc3)cc2)cc1. The molecule has 0 radical (unpaired) electrons. The molecule has 0 aliphatic rings. The molecule has 0 N–H and O–H groups in total. The quantitative estimate of drug-likeness (QED) is 0.175. The summed E-state index contributed by atoms with van der Waals surface area (Å²) in [5.41, 5.74) is 11.3. The molecule has 0 aliphatic heterocycles. The Hall–Kier alpha value is -5.67. The molecule has 6 aromatic carbocycles. The Labute approximate surface area is 259 Å². The van der Waals surface area contributed by atoms with Crippen molar-refractivity contribution in [3.63, 3.8) is 0 Å². The van der Waals surface area contributed by atoms with Crippen molar-refractivity contribution < 1.29 is 0 Å². The van der Waals surface area contributed by atoms with Crippen LogP contribution in [0.15, 0.2) is 163 Å². The zero-order valence-electron chi connectivity index (χ0n) is 24.9. The molecule has 3 nitrogen and oxygen atoms in total. The topological polar surface area (TPSA) is 20.5 Å². The number of benzene rings is 6. The Morgan fingerprint density at radius 3 is 1.27 bits per heavy atom. The summed E-state index contributed by atoms with van der Waals surface area (Å²) in [4.78, 5) is 2.29. The molecule has 0 fully saturated rings. The van der Waals surface area contributed by atoms with Gasteiger partial charge >= 0.3 is 0 Å². The van der Waals surface area contributed by atoms with E-state index in [2.05, 4.69) is 181 Å². The predicted molar refractivity (Wildman–Crippen MR) is 186 cm³/mol. The van der Waals surface area contributed by atoms with Crippen LogP contribution >= 0.6 is 0 Å². The lowest BCUT2D eigenvalue weighted by Crippen LogP contribution is -2.10. The molecule has 7 aromatic rings. The Morgan fingerprint density at radius 2 is 0.841 bits per heavy atom. The molecule has 44 heavy (non-hydrogen) atoms. The maximum absolute atomic E-state index is 5.15. The summed E-state index contributed by atoms with van der Waals surface area (Å²) in [7, 11) is 0. The normalized spacial score (nSPS) is 11.3. The highest BCUT2D eigenvalue weighted by atomic mass is 15.4. The van der Waals surface area contributed by atoms with Crippen LogP contribution in [0.4, 0.5) is 17.1 Å². The summed E-state index contributed by atoms with van der Waals surface area (Å²) in [6, 6.07) is 55.6. The Morgan fingerprint density at radius 1 is 0.455 bits per heavy atom. The van der Waals surface area contributed by atoms with Crippen molar-refractivity contribution >= 4 is 34.0 Å². The van der Waals surface area contributed by atoms with Crippen LogP contribution in [0.25, 0.3) is 33.3 Å². The van der Waals surface area contributed by atoms with Gasteiger partial charge in [-0.25, -0.2) is 4.68 Å². The molecule has 1 heterocycles. The van der Waals surface area contributed by atoms with Crippen LogP contribution in [-0.2, 0) is 0 Å². The summed E-state index contributed by atoms with van der Waals surface area (Å²) >= 11 is 0. The number of hydrogen-bond donors (Lipinski definition) is 0. The van der Waals surface area contributed by atoms with E-state index in [0.29, 0.717) is 0 Å². The van der Waals surface area contributed by atoms with Gasteiger partial charge in [0.1, 0.15) is 0 Å². The van der Waals surface area contributed by atoms with Gasteiger partial charge in [-0.3, -0.25) is 0 Å². The van der Waals surface area contributed by atoms with Crippen LogP contribution in [-0.4, -0.2) is 10.9 Å². The zero-order chi connectivity index (χ0) is 29.9. The minimum absolute atomic E-state index is 1.03. The highest BCUT2D eigenvalue weighted by molar-refractivity contribution is 6.05. The smallest absolute Gasteiger partial charge is 0.0804 e. The maximum atomic E-state index is 5.15. The first-order valence-electron chi connectivity index (χ1n) is 15.0. The molecule has 0 amide bonds. The average molecular weight is 568 g/mol. The molecule has 0 spiro atoms. The average Bonchev–Trinajstić information content (AvgIpc) is 3.41. The Balaban J connectivity index is 1.32. The molecule has 7 rings (SSSR count). The van der Waals surface area contributed by atoms with Crippen molar-refractivity contribution in [2.24, 2.45) is 5.10 Å². The molecule has 3 heteroatoms. The van der Waals surface area contributed by atoms with Crippen LogP contribution < -0.4 is 4.90 Å². The fraction of sp³-hybridized carbons (Fsp3) is 0.0488. The van der Waals surface area contributed by atoms with Crippen LogP contribution in [0, 0.1) is 13.8 Å².